The molecule has 0 aliphatic heterocycles. The minimum absolute atomic E-state index is 0.0776. The van der Waals surface area contributed by atoms with Gasteiger partial charge in [0.2, 0.25) is 5.88 Å². The van der Waals surface area contributed by atoms with Gasteiger partial charge in [-0.1, -0.05) is 41.5 Å². The van der Waals surface area contributed by atoms with Gasteiger partial charge in [0.05, 0.1) is 12.1 Å². The largest absolute Gasteiger partial charge is 0.493 e. The molecule has 0 aliphatic rings. The van der Waals surface area contributed by atoms with Gasteiger partial charge in [0.25, 0.3) is 0 Å². The Morgan fingerprint density at radius 1 is 1.05 bits per heavy atom. The fourth-order valence-electron chi connectivity index (χ4n) is 2.56. The molecular formula is C17H16N2O2. The number of nitroso groups, excluding NO2 is 1. The van der Waals surface area contributed by atoms with Crippen molar-refractivity contribution < 1.29 is 5.11 Å². The van der Waals surface area contributed by atoms with Gasteiger partial charge in [-0.05, 0) is 36.7 Å². The van der Waals surface area contributed by atoms with Crippen molar-refractivity contribution in [2.45, 2.75) is 20.4 Å². The zero-order valence-electron chi connectivity index (χ0n) is 12.0. The molecule has 0 amide bonds. The van der Waals surface area contributed by atoms with E-state index in [0.29, 0.717) is 11.9 Å². The second-order valence-corrected chi connectivity index (χ2v) is 5.36. The van der Waals surface area contributed by atoms with E-state index >= 15 is 0 Å². The predicted octanol–water partition coefficient (Wildman–Crippen LogP) is 4.41. The maximum atomic E-state index is 11.0. The van der Waals surface area contributed by atoms with Crippen molar-refractivity contribution in [3.05, 3.63) is 64.1 Å². The van der Waals surface area contributed by atoms with Crippen LogP contribution >= 0.6 is 0 Å². The Morgan fingerprint density at radius 3 is 2.38 bits per heavy atom. The van der Waals surface area contributed by atoms with Crippen molar-refractivity contribution >= 4 is 16.6 Å². The number of benzene rings is 2. The summed E-state index contributed by atoms with van der Waals surface area (Å²) in [6, 6.07) is 13.8. The lowest BCUT2D eigenvalue weighted by Gasteiger charge is -2.07. The third kappa shape index (κ3) is 2.29. The van der Waals surface area contributed by atoms with E-state index in [-0.39, 0.29) is 11.6 Å². The van der Waals surface area contributed by atoms with Gasteiger partial charge in [-0.3, -0.25) is 0 Å². The monoisotopic (exact) mass is 280 g/mol. The van der Waals surface area contributed by atoms with Crippen LogP contribution in [0.25, 0.3) is 10.9 Å². The smallest absolute Gasteiger partial charge is 0.222 e. The van der Waals surface area contributed by atoms with Gasteiger partial charge in [0.15, 0.2) is 5.69 Å². The average molecular weight is 280 g/mol. The number of hydrogen-bond acceptors (Lipinski definition) is 3. The van der Waals surface area contributed by atoms with Gasteiger partial charge in [-0.2, -0.15) is 0 Å². The van der Waals surface area contributed by atoms with Crippen LogP contribution in [0.5, 0.6) is 5.88 Å². The number of aromatic nitrogens is 1. The topological polar surface area (TPSA) is 54.6 Å². The van der Waals surface area contributed by atoms with Crippen LogP contribution in [0, 0.1) is 18.8 Å². The van der Waals surface area contributed by atoms with E-state index in [4.69, 9.17) is 0 Å². The highest BCUT2D eigenvalue weighted by molar-refractivity contribution is 5.95. The summed E-state index contributed by atoms with van der Waals surface area (Å²) >= 11 is 0. The zero-order valence-corrected chi connectivity index (χ0v) is 12.0. The molecule has 3 aromatic rings. The summed E-state index contributed by atoms with van der Waals surface area (Å²) in [4.78, 5) is 11.0. The molecule has 0 bridgehead atoms. The predicted molar refractivity (Wildman–Crippen MR) is 84.1 cm³/mol. The van der Waals surface area contributed by atoms with Crippen molar-refractivity contribution in [3.63, 3.8) is 0 Å². The van der Waals surface area contributed by atoms with Crippen molar-refractivity contribution in [1.29, 1.82) is 0 Å². The van der Waals surface area contributed by atoms with Gasteiger partial charge in [0, 0.05) is 5.39 Å². The quantitative estimate of drug-likeness (QED) is 0.722. The summed E-state index contributed by atoms with van der Waals surface area (Å²) in [5.74, 6) is -0.0776. The van der Waals surface area contributed by atoms with Crippen LogP contribution < -0.4 is 0 Å². The number of fused-ring (bicyclic) bond motifs is 1. The van der Waals surface area contributed by atoms with Crippen LogP contribution in [0.4, 0.5) is 5.69 Å². The fraction of sp³-hybridized carbons (Fsp3) is 0.176. The molecule has 0 fully saturated rings. The molecule has 21 heavy (non-hydrogen) atoms. The molecule has 0 saturated heterocycles. The van der Waals surface area contributed by atoms with Gasteiger partial charge in [-0.15, -0.1) is 4.91 Å². The van der Waals surface area contributed by atoms with Gasteiger partial charge in [-0.25, -0.2) is 0 Å². The summed E-state index contributed by atoms with van der Waals surface area (Å²) in [6.45, 7) is 4.48. The molecule has 2 aromatic carbocycles. The third-order valence-corrected chi connectivity index (χ3v) is 3.72. The molecule has 1 heterocycles. The van der Waals surface area contributed by atoms with Crippen LogP contribution in [0.3, 0.4) is 0 Å². The van der Waals surface area contributed by atoms with E-state index in [1.165, 1.54) is 5.56 Å². The highest BCUT2D eigenvalue weighted by atomic mass is 16.3. The maximum Gasteiger partial charge on any atom is 0.222 e. The fourth-order valence-corrected chi connectivity index (χ4v) is 2.56. The van der Waals surface area contributed by atoms with E-state index < -0.39 is 0 Å². The Bertz CT molecular complexity index is 817. The third-order valence-electron chi connectivity index (χ3n) is 3.72. The first-order chi connectivity index (χ1) is 10.1. The number of hydrogen-bond donors (Lipinski definition) is 1. The molecule has 0 atom stereocenters. The standard InChI is InChI=1S/C17H16N2O2/c1-11-3-6-13(7-4-11)10-19-15-8-5-12(2)9-14(15)16(18-21)17(19)20/h3-9,20H,10H2,1-2H3. The van der Waals surface area contributed by atoms with Gasteiger partial charge < -0.3 is 9.67 Å². The van der Waals surface area contributed by atoms with Crippen molar-refractivity contribution in [1.82, 2.24) is 4.57 Å². The molecule has 0 aliphatic carbocycles. The minimum Gasteiger partial charge on any atom is -0.493 e. The SMILES string of the molecule is Cc1ccc(Cn2c(O)c(N=O)c3cc(C)ccc32)cc1. The van der Waals surface area contributed by atoms with Crippen molar-refractivity contribution in [2.75, 3.05) is 0 Å². The number of aryl methyl sites for hydroxylation is 2. The summed E-state index contributed by atoms with van der Waals surface area (Å²) < 4.78 is 1.72. The summed E-state index contributed by atoms with van der Waals surface area (Å²) in [6.07, 6.45) is 0. The Balaban J connectivity index is 2.15. The molecule has 0 spiro atoms. The molecule has 106 valence electrons. The average Bonchev–Trinajstić information content (AvgIpc) is 2.73. The Hall–Kier alpha value is -2.62. The maximum absolute atomic E-state index is 11.0. The van der Waals surface area contributed by atoms with Gasteiger partial charge in [0.1, 0.15) is 0 Å². The number of nitrogens with zero attached hydrogens (tertiary/aromatic N) is 2. The molecule has 3 rings (SSSR count). The highest BCUT2D eigenvalue weighted by Crippen LogP contribution is 2.39. The molecule has 0 saturated carbocycles. The molecule has 4 nitrogen and oxygen atoms in total. The summed E-state index contributed by atoms with van der Waals surface area (Å²) in [5, 5.41) is 14.0. The van der Waals surface area contributed by atoms with Crippen LogP contribution in [0.15, 0.2) is 47.6 Å². The second kappa shape index (κ2) is 5.05. The van der Waals surface area contributed by atoms with Crippen LogP contribution in [-0.4, -0.2) is 9.67 Å². The molecular weight excluding hydrogens is 264 g/mol. The second-order valence-electron chi connectivity index (χ2n) is 5.36. The van der Waals surface area contributed by atoms with E-state index in [2.05, 4.69) is 5.18 Å². The molecule has 1 aromatic heterocycles. The lowest BCUT2D eigenvalue weighted by atomic mass is 10.1. The zero-order chi connectivity index (χ0) is 15.0. The van der Waals surface area contributed by atoms with E-state index in [9.17, 15) is 10.0 Å². The van der Waals surface area contributed by atoms with Crippen LogP contribution in [0.1, 0.15) is 16.7 Å². The van der Waals surface area contributed by atoms with E-state index in [1.807, 2.05) is 56.3 Å². The molecule has 0 radical (unpaired) electrons. The normalized spacial score (nSPS) is 11.0. The first-order valence-electron chi connectivity index (χ1n) is 6.81. The Kier molecular flexibility index (Phi) is 3.22. The van der Waals surface area contributed by atoms with Crippen molar-refractivity contribution in [3.8, 4) is 5.88 Å². The lowest BCUT2D eigenvalue weighted by molar-refractivity contribution is 0.430. The summed E-state index contributed by atoms with van der Waals surface area (Å²) in [7, 11) is 0. The summed E-state index contributed by atoms with van der Waals surface area (Å²) in [5.41, 5.74) is 4.20. The van der Waals surface area contributed by atoms with Crippen LogP contribution in [-0.2, 0) is 6.54 Å². The van der Waals surface area contributed by atoms with E-state index in [0.717, 1.165) is 16.6 Å². The minimum atomic E-state index is -0.0776. The Labute approximate surface area is 122 Å². The highest BCUT2D eigenvalue weighted by Gasteiger charge is 2.17. The van der Waals surface area contributed by atoms with Crippen LogP contribution in [0.2, 0.25) is 0 Å². The molecule has 1 N–H and O–H groups in total. The van der Waals surface area contributed by atoms with Gasteiger partial charge >= 0.3 is 0 Å². The number of rotatable bonds is 3. The lowest BCUT2D eigenvalue weighted by Crippen LogP contribution is -1.98. The first-order valence-corrected chi connectivity index (χ1v) is 6.81. The number of aromatic hydroxyl groups is 1. The van der Waals surface area contributed by atoms with E-state index in [1.54, 1.807) is 4.57 Å². The molecule has 0 unspecified atom stereocenters. The molecule has 4 heteroatoms. The first kappa shape index (κ1) is 13.4. The van der Waals surface area contributed by atoms with Crippen molar-refractivity contribution in [2.24, 2.45) is 5.18 Å². The Morgan fingerprint density at radius 2 is 1.71 bits per heavy atom.